The average Bonchev–Trinajstić information content (AvgIpc) is 2.76. The highest BCUT2D eigenvalue weighted by Crippen LogP contribution is 2.25. The minimum atomic E-state index is -0.217. The first kappa shape index (κ1) is 11.9. The molecule has 1 aromatic heterocycles. The number of oxazole rings is 1. The molecule has 0 amide bonds. The Morgan fingerprint density at radius 2 is 1.88 bits per heavy atom. The van der Waals surface area contributed by atoms with E-state index in [9.17, 15) is 5.11 Å². The average molecular weight is 231 g/mol. The van der Waals surface area contributed by atoms with Crippen LogP contribution in [0, 0.1) is 6.92 Å². The summed E-state index contributed by atoms with van der Waals surface area (Å²) in [6, 6.07) is 7.95. The van der Waals surface area contributed by atoms with E-state index in [2.05, 4.69) is 4.98 Å². The number of nitrogens with zero attached hydrogens (tertiary/aromatic N) is 1. The van der Waals surface area contributed by atoms with Crippen molar-refractivity contribution < 1.29 is 9.52 Å². The van der Waals surface area contributed by atoms with Crippen molar-refractivity contribution in [2.24, 2.45) is 0 Å². The van der Waals surface area contributed by atoms with Crippen molar-refractivity contribution in [3.05, 3.63) is 41.8 Å². The largest absolute Gasteiger partial charge is 0.444 e. The molecule has 2 aromatic rings. The maximum Gasteiger partial charge on any atom is 0.226 e. The van der Waals surface area contributed by atoms with E-state index >= 15 is 0 Å². The normalized spacial score (nSPS) is 11.8. The molecule has 90 valence electrons. The molecular weight excluding hydrogens is 214 g/mol. The molecule has 0 atom stereocenters. The van der Waals surface area contributed by atoms with Crippen LogP contribution in [0.3, 0.4) is 0 Å². The van der Waals surface area contributed by atoms with Gasteiger partial charge >= 0.3 is 0 Å². The van der Waals surface area contributed by atoms with Crippen molar-refractivity contribution in [3.63, 3.8) is 0 Å². The molecule has 3 nitrogen and oxygen atoms in total. The zero-order chi connectivity index (χ0) is 12.5. The Labute approximate surface area is 101 Å². The lowest BCUT2D eigenvalue weighted by atomic mass is 9.85. The number of hydrogen-bond acceptors (Lipinski definition) is 3. The molecule has 0 saturated carbocycles. The SMILES string of the molecule is Cc1coc(-c2ccc(C(C)(C)CO)cc2)n1. The van der Waals surface area contributed by atoms with Gasteiger partial charge in [0.1, 0.15) is 6.26 Å². The number of aromatic nitrogens is 1. The Bertz CT molecular complexity index is 497. The van der Waals surface area contributed by atoms with Crippen molar-refractivity contribution in [1.29, 1.82) is 0 Å². The molecule has 1 heterocycles. The second-order valence-electron chi connectivity index (χ2n) is 4.91. The van der Waals surface area contributed by atoms with Gasteiger partial charge in [0.15, 0.2) is 0 Å². The third-order valence-corrected chi connectivity index (χ3v) is 2.93. The highest BCUT2D eigenvalue weighted by atomic mass is 16.3. The molecule has 0 radical (unpaired) electrons. The first-order chi connectivity index (χ1) is 8.03. The predicted molar refractivity (Wildman–Crippen MR) is 66.8 cm³/mol. The summed E-state index contributed by atoms with van der Waals surface area (Å²) in [7, 11) is 0. The molecule has 0 spiro atoms. The van der Waals surface area contributed by atoms with E-state index < -0.39 is 0 Å². The van der Waals surface area contributed by atoms with Gasteiger partial charge in [-0.25, -0.2) is 4.98 Å². The van der Waals surface area contributed by atoms with Gasteiger partial charge in [0.05, 0.1) is 12.3 Å². The summed E-state index contributed by atoms with van der Waals surface area (Å²) in [6.45, 7) is 6.05. The second-order valence-corrected chi connectivity index (χ2v) is 4.91. The summed E-state index contributed by atoms with van der Waals surface area (Å²) < 4.78 is 5.34. The predicted octanol–water partition coefficient (Wildman–Crippen LogP) is 2.92. The van der Waals surface area contributed by atoms with E-state index in [4.69, 9.17) is 4.42 Å². The van der Waals surface area contributed by atoms with Crippen molar-refractivity contribution in [2.45, 2.75) is 26.2 Å². The van der Waals surface area contributed by atoms with Gasteiger partial charge in [-0.3, -0.25) is 0 Å². The molecule has 0 aliphatic carbocycles. The molecule has 17 heavy (non-hydrogen) atoms. The van der Waals surface area contributed by atoms with Crippen LogP contribution in [0.5, 0.6) is 0 Å². The Kier molecular flexibility index (Phi) is 3.03. The Morgan fingerprint density at radius 3 is 2.35 bits per heavy atom. The fraction of sp³-hybridized carbons (Fsp3) is 0.357. The lowest BCUT2D eigenvalue weighted by Gasteiger charge is -2.22. The number of aliphatic hydroxyl groups is 1. The number of rotatable bonds is 3. The standard InChI is InChI=1S/C14H17NO2/c1-10-8-17-13(15-10)11-4-6-12(7-5-11)14(2,3)9-16/h4-8,16H,9H2,1-3H3. The van der Waals surface area contributed by atoms with Gasteiger partial charge in [0, 0.05) is 11.0 Å². The fourth-order valence-electron chi connectivity index (χ4n) is 1.64. The minimum absolute atomic E-state index is 0.129. The monoisotopic (exact) mass is 231 g/mol. The van der Waals surface area contributed by atoms with Gasteiger partial charge in [-0.2, -0.15) is 0 Å². The van der Waals surface area contributed by atoms with Gasteiger partial charge in [-0.05, 0) is 24.6 Å². The van der Waals surface area contributed by atoms with Crippen LogP contribution in [0.25, 0.3) is 11.5 Å². The number of aryl methyl sites for hydroxylation is 1. The fourth-order valence-corrected chi connectivity index (χ4v) is 1.64. The second kappa shape index (κ2) is 4.34. The molecule has 1 aromatic carbocycles. The first-order valence-electron chi connectivity index (χ1n) is 5.67. The van der Waals surface area contributed by atoms with Crippen molar-refractivity contribution >= 4 is 0 Å². The molecule has 0 fully saturated rings. The third-order valence-electron chi connectivity index (χ3n) is 2.93. The number of benzene rings is 1. The van der Waals surface area contributed by atoms with Crippen LogP contribution in [0.1, 0.15) is 25.1 Å². The van der Waals surface area contributed by atoms with Gasteiger partial charge in [0.2, 0.25) is 5.89 Å². The number of aliphatic hydroxyl groups excluding tert-OH is 1. The maximum absolute atomic E-state index is 9.31. The Hall–Kier alpha value is -1.61. The molecule has 0 unspecified atom stereocenters. The van der Waals surface area contributed by atoms with Gasteiger partial charge in [-0.1, -0.05) is 26.0 Å². The molecule has 2 rings (SSSR count). The van der Waals surface area contributed by atoms with Gasteiger partial charge in [-0.15, -0.1) is 0 Å². The van der Waals surface area contributed by atoms with E-state index in [0.29, 0.717) is 5.89 Å². The molecular formula is C14H17NO2. The zero-order valence-corrected chi connectivity index (χ0v) is 10.4. The van der Waals surface area contributed by atoms with Crippen molar-refractivity contribution in [3.8, 4) is 11.5 Å². The van der Waals surface area contributed by atoms with Crippen LogP contribution < -0.4 is 0 Å². The summed E-state index contributed by atoms with van der Waals surface area (Å²) in [6.07, 6.45) is 1.64. The van der Waals surface area contributed by atoms with Crippen LogP contribution >= 0.6 is 0 Å². The van der Waals surface area contributed by atoms with Crippen LogP contribution in [0.4, 0.5) is 0 Å². The van der Waals surface area contributed by atoms with Crippen molar-refractivity contribution in [1.82, 2.24) is 4.98 Å². The number of hydrogen-bond donors (Lipinski definition) is 1. The quantitative estimate of drug-likeness (QED) is 0.883. The van der Waals surface area contributed by atoms with Crippen LogP contribution in [-0.4, -0.2) is 16.7 Å². The highest BCUT2D eigenvalue weighted by Gasteiger charge is 2.19. The lowest BCUT2D eigenvalue weighted by molar-refractivity contribution is 0.218. The summed E-state index contributed by atoms with van der Waals surface area (Å²) in [5.74, 6) is 0.635. The van der Waals surface area contributed by atoms with Gasteiger partial charge < -0.3 is 9.52 Å². The maximum atomic E-state index is 9.31. The topological polar surface area (TPSA) is 46.3 Å². The summed E-state index contributed by atoms with van der Waals surface area (Å²) in [5, 5.41) is 9.31. The smallest absolute Gasteiger partial charge is 0.226 e. The minimum Gasteiger partial charge on any atom is -0.444 e. The van der Waals surface area contributed by atoms with E-state index in [1.807, 2.05) is 45.0 Å². The summed E-state index contributed by atoms with van der Waals surface area (Å²) in [4.78, 5) is 4.28. The van der Waals surface area contributed by atoms with E-state index in [-0.39, 0.29) is 12.0 Å². The molecule has 0 saturated heterocycles. The van der Waals surface area contributed by atoms with Crippen LogP contribution in [-0.2, 0) is 5.41 Å². The third kappa shape index (κ3) is 2.39. The molecule has 0 bridgehead atoms. The zero-order valence-electron chi connectivity index (χ0n) is 10.4. The van der Waals surface area contributed by atoms with Crippen LogP contribution in [0.2, 0.25) is 0 Å². The first-order valence-corrected chi connectivity index (χ1v) is 5.67. The molecule has 0 aliphatic heterocycles. The van der Waals surface area contributed by atoms with Crippen LogP contribution in [0.15, 0.2) is 34.9 Å². The lowest BCUT2D eigenvalue weighted by Crippen LogP contribution is -2.21. The Morgan fingerprint density at radius 1 is 1.24 bits per heavy atom. The molecule has 3 heteroatoms. The van der Waals surface area contributed by atoms with Gasteiger partial charge in [0.25, 0.3) is 0 Å². The summed E-state index contributed by atoms with van der Waals surface area (Å²) in [5.41, 5.74) is 2.72. The Balaban J connectivity index is 2.30. The molecule has 0 aliphatic rings. The van der Waals surface area contributed by atoms with E-state index in [0.717, 1.165) is 16.8 Å². The highest BCUT2D eigenvalue weighted by molar-refractivity contribution is 5.54. The van der Waals surface area contributed by atoms with E-state index in [1.165, 1.54) is 0 Å². The van der Waals surface area contributed by atoms with Crippen molar-refractivity contribution in [2.75, 3.05) is 6.61 Å². The summed E-state index contributed by atoms with van der Waals surface area (Å²) >= 11 is 0. The molecule has 1 N–H and O–H groups in total. The van der Waals surface area contributed by atoms with E-state index in [1.54, 1.807) is 6.26 Å².